The monoisotopic (exact) mass is 298 g/mol. The molecular formula is C14H23BrN2. The Labute approximate surface area is 114 Å². The maximum absolute atomic E-state index is 3.64. The molecule has 3 heteroatoms. The lowest BCUT2D eigenvalue weighted by Gasteiger charge is -2.22. The standard InChI is InChI=1S/C14H23BrN2/c1-11(9-10-17(3)4)16-12(2)13-7-5-6-8-14(13)15/h5-8,11-12,16H,9-10H2,1-4H3. The van der Waals surface area contributed by atoms with E-state index in [9.17, 15) is 0 Å². The number of benzene rings is 1. The molecule has 0 bridgehead atoms. The molecule has 0 aromatic heterocycles. The first-order valence-corrected chi connectivity index (χ1v) is 6.95. The zero-order valence-corrected chi connectivity index (χ0v) is 12.8. The molecule has 1 rings (SSSR count). The summed E-state index contributed by atoms with van der Waals surface area (Å²) in [6.07, 6.45) is 1.17. The van der Waals surface area contributed by atoms with Crippen LogP contribution in [-0.2, 0) is 0 Å². The van der Waals surface area contributed by atoms with Crippen LogP contribution in [0.2, 0.25) is 0 Å². The van der Waals surface area contributed by atoms with Crippen molar-refractivity contribution < 1.29 is 0 Å². The van der Waals surface area contributed by atoms with Gasteiger partial charge in [0.05, 0.1) is 0 Å². The van der Waals surface area contributed by atoms with Crippen LogP contribution >= 0.6 is 15.9 Å². The van der Waals surface area contributed by atoms with Gasteiger partial charge in [-0.3, -0.25) is 0 Å². The van der Waals surface area contributed by atoms with Gasteiger partial charge >= 0.3 is 0 Å². The quantitative estimate of drug-likeness (QED) is 0.865. The Morgan fingerprint density at radius 1 is 1.24 bits per heavy atom. The van der Waals surface area contributed by atoms with Gasteiger partial charge in [0.1, 0.15) is 0 Å². The number of nitrogens with one attached hydrogen (secondary N) is 1. The van der Waals surface area contributed by atoms with E-state index < -0.39 is 0 Å². The summed E-state index contributed by atoms with van der Waals surface area (Å²) in [6, 6.07) is 9.30. The Bertz CT molecular complexity index is 339. The zero-order chi connectivity index (χ0) is 12.8. The molecule has 0 saturated carbocycles. The smallest absolute Gasteiger partial charge is 0.0305 e. The van der Waals surface area contributed by atoms with Gasteiger partial charge in [-0.1, -0.05) is 34.1 Å². The van der Waals surface area contributed by atoms with Crippen molar-refractivity contribution in [3.63, 3.8) is 0 Å². The molecule has 2 nitrogen and oxygen atoms in total. The average molecular weight is 299 g/mol. The molecule has 1 aromatic rings. The van der Waals surface area contributed by atoms with Crippen LogP contribution in [0.4, 0.5) is 0 Å². The summed E-state index contributed by atoms with van der Waals surface area (Å²) in [6.45, 7) is 5.58. The molecule has 1 aromatic carbocycles. The van der Waals surface area contributed by atoms with E-state index in [4.69, 9.17) is 0 Å². The number of hydrogen-bond donors (Lipinski definition) is 1. The van der Waals surface area contributed by atoms with E-state index >= 15 is 0 Å². The fourth-order valence-corrected chi connectivity index (χ4v) is 2.51. The second-order valence-corrected chi connectivity index (χ2v) is 5.76. The van der Waals surface area contributed by atoms with Crippen LogP contribution in [0.1, 0.15) is 31.9 Å². The minimum absolute atomic E-state index is 0.378. The molecule has 0 radical (unpaired) electrons. The molecular weight excluding hydrogens is 276 g/mol. The van der Waals surface area contributed by atoms with E-state index in [1.54, 1.807) is 0 Å². The second-order valence-electron chi connectivity index (χ2n) is 4.90. The van der Waals surface area contributed by atoms with Crippen molar-refractivity contribution in [2.45, 2.75) is 32.4 Å². The summed E-state index contributed by atoms with van der Waals surface area (Å²) >= 11 is 3.60. The van der Waals surface area contributed by atoms with E-state index in [0.717, 1.165) is 6.54 Å². The first-order chi connectivity index (χ1) is 8.00. The predicted octanol–water partition coefficient (Wildman–Crippen LogP) is 3.44. The highest BCUT2D eigenvalue weighted by molar-refractivity contribution is 9.10. The topological polar surface area (TPSA) is 15.3 Å². The highest BCUT2D eigenvalue weighted by Crippen LogP contribution is 2.23. The molecule has 1 N–H and O–H groups in total. The van der Waals surface area contributed by atoms with Crippen molar-refractivity contribution in [3.8, 4) is 0 Å². The Morgan fingerprint density at radius 3 is 2.47 bits per heavy atom. The molecule has 0 aliphatic rings. The summed E-state index contributed by atoms with van der Waals surface area (Å²) in [5.74, 6) is 0. The van der Waals surface area contributed by atoms with Crippen LogP contribution in [0.3, 0.4) is 0 Å². The Hall–Kier alpha value is -0.380. The molecule has 0 amide bonds. The summed E-state index contributed by atoms with van der Waals surface area (Å²) in [4.78, 5) is 2.22. The van der Waals surface area contributed by atoms with E-state index in [1.165, 1.54) is 16.5 Å². The molecule has 0 aliphatic heterocycles. The van der Waals surface area contributed by atoms with Gasteiger partial charge in [-0.15, -0.1) is 0 Å². The molecule has 17 heavy (non-hydrogen) atoms. The van der Waals surface area contributed by atoms with Gasteiger partial charge < -0.3 is 10.2 Å². The molecule has 2 atom stereocenters. The third-order valence-electron chi connectivity index (χ3n) is 2.92. The lowest BCUT2D eigenvalue weighted by Crippen LogP contribution is -2.32. The van der Waals surface area contributed by atoms with Crippen molar-refractivity contribution in [1.82, 2.24) is 10.2 Å². The van der Waals surface area contributed by atoms with Gasteiger partial charge in [-0.2, -0.15) is 0 Å². The first kappa shape index (κ1) is 14.7. The SMILES string of the molecule is CC(CCN(C)C)NC(C)c1ccccc1Br. The summed E-state index contributed by atoms with van der Waals surface area (Å²) in [7, 11) is 4.23. The summed E-state index contributed by atoms with van der Waals surface area (Å²) in [5.41, 5.74) is 1.32. The first-order valence-electron chi connectivity index (χ1n) is 6.16. The predicted molar refractivity (Wildman–Crippen MR) is 78.3 cm³/mol. The van der Waals surface area contributed by atoms with E-state index in [0.29, 0.717) is 12.1 Å². The van der Waals surface area contributed by atoms with Gasteiger partial charge in [0.15, 0.2) is 0 Å². The molecule has 0 fully saturated rings. The van der Waals surface area contributed by atoms with Gasteiger partial charge in [0.25, 0.3) is 0 Å². The Balaban J connectivity index is 2.49. The van der Waals surface area contributed by atoms with Gasteiger partial charge in [0, 0.05) is 16.6 Å². The van der Waals surface area contributed by atoms with Crippen LogP contribution in [0.5, 0.6) is 0 Å². The zero-order valence-electron chi connectivity index (χ0n) is 11.2. The van der Waals surface area contributed by atoms with E-state index in [1.807, 2.05) is 0 Å². The minimum Gasteiger partial charge on any atom is -0.309 e. The van der Waals surface area contributed by atoms with Crippen molar-refractivity contribution in [3.05, 3.63) is 34.3 Å². The molecule has 0 aliphatic carbocycles. The lowest BCUT2D eigenvalue weighted by atomic mass is 10.1. The number of hydrogen-bond acceptors (Lipinski definition) is 2. The lowest BCUT2D eigenvalue weighted by molar-refractivity contribution is 0.354. The third kappa shape index (κ3) is 5.19. The number of rotatable bonds is 6. The van der Waals surface area contributed by atoms with Crippen molar-refractivity contribution in [2.75, 3.05) is 20.6 Å². The maximum Gasteiger partial charge on any atom is 0.0305 e. The van der Waals surface area contributed by atoms with Gasteiger partial charge in [0.2, 0.25) is 0 Å². The van der Waals surface area contributed by atoms with Crippen LogP contribution in [0.25, 0.3) is 0 Å². The average Bonchev–Trinajstić information content (AvgIpc) is 2.26. The normalized spacial score (nSPS) is 14.9. The highest BCUT2D eigenvalue weighted by Gasteiger charge is 2.11. The van der Waals surface area contributed by atoms with Crippen LogP contribution in [0.15, 0.2) is 28.7 Å². The molecule has 0 spiro atoms. The fraction of sp³-hybridized carbons (Fsp3) is 0.571. The largest absolute Gasteiger partial charge is 0.309 e. The van der Waals surface area contributed by atoms with E-state index in [2.05, 4.69) is 78.4 Å². The van der Waals surface area contributed by atoms with Gasteiger partial charge in [-0.25, -0.2) is 0 Å². The van der Waals surface area contributed by atoms with Crippen LogP contribution in [-0.4, -0.2) is 31.6 Å². The van der Waals surface area contributed by atoms with Crippen molar-refractivity contribution >= 4 is 15.9 Å². The van der Waals surface area contributed by atoms with Crippen LogP contribution in [0, 0.1) is 0 Å². The number of halogens is 1. The Kier molecular flexibility index (Phi) is 6.17. The summed E-state index contributed by atoms with van der Waals surface area (Å²) in [5, 5.41) is 3.64. The third-order valence-corrected chi connectivity index (χ3v) is 3.64. The van der Waals surface area contributed by atoms with Crippen molar-refractivity contribution in [2.24, 2.45) is 0 Å². The van der Waals surface area contributed by atoms with Gasteiger partial charge in [-0.05, 0) is 52.5 Å². The fourth-order valence-electron chi connectivity index (χ4n) is 1.88. The highest BCUT2D eigenvalue weighted by atomic mass is 79.9. The second kappa shape index (κ2) is 7.14. The molecule has 2 unspecified atom stereocenters. The summed E-state index contributed by atoms with van der Waals surface area (Å²) < 4.78 is 1.18. The minimum atomic E-state index is 0.378. The Morgan fingerprint density at radius 2 is 1.88 bits per heavy atom. The number of nitrogens with zero attached hydrogens (tertiary/aromatic N) is 1. The van der Waals surface area contributed by atoms with Crippen molar-refractivity contribution in [1.29, 1.82) is 0 Å². The maximum atomic E-state index is 3.64. The molecule has 0 saturated heterocycles. The van der Waals surface area contributed by atoms with Crippen LogP contribution < -0.4 is 5.32 Å². The van der Waals surface area contributed by atoms with E-state index in [-0.39, 0.29) is 0 Å². The molecule has 0 heterocycles. The molecule has 96 valence electrons.